The van der Waals surface area contributed by atoms with Crippen LogP contribution in [0.4, 0.5) is 10.1 Å². The Morgan fingerprint density at radius 3 is 2.76 bits per heavy atom. The summed E-state index contributed by atoms with van der Waals surface area (Å²) in [5.41, 5.74) is 8.70. The third-order valence-electron chi connectivity index (χ3n) is 3.27. The van der Waals surface area contributed by atoms with Crippen molar-refractivity contribution in [3.8, 4) is 5.75 Å². The van der Waals surface area contributed by atoms with E-state index in [0.29, 0.717) is 5.69 Å². The highest BCUT2D eigenvalue weighted by Gasteiger charge is 2.07. The van der Waals surface area contributed by atoms with Crippen LogP contribution in [0.3, 0.4) is 0 Å². The zero-order valence-electron chi connectivity index (χ0n) is 11.6. The molecule has 0 unspecified atom stereocenters. The van der Waals surface area contributed by atoms with Crippen LogP contribution >= 0.6 is 0 Å². The number of aryl methyl sites for hydroxylation is 1. The standard InChI is InChI=1S/C17H15FN2O/c1-11-8-12(14-4-2-3-5-16(14)20-11)10-21-17-7-6-13(19)9-15(17)18/h2-9H,10,19H2,1H3. The van der Waals surface area contributed by atoms with E-state index in [-0.39, 0.29) is 12.4 Å². The second-order valence-electron chi connectivity index (χ2n) is 4.92. The Morgan fingerprint density at radius 2 is 1.95 bits per heavy atom. The van der Waals surface area contributed by atoms with Crippen LogP contribution in [0.15, 0.2) is 48.5 Å². The summed E-state index contributed by atoms with van der Waals surface area (Å²) >= 11 is 0. The van der Waals surface area contributed by atoms with Gasteiger partial charge in [-0.3, -0.25) is 4.98 Å². The Morgan fingerprint density at radius 1 is 1.14 bits per heavy atom. The number of rotatable bonds is 3. The van der Waals surface area contributed by atoms with E-state index in [1.165, 1.54) is 6.07 Å². The van der Waals surface area contributed by atoms with Crippen molar-refractivity contribution in [1.29, 1.82) is 0 Å². The number of hydrogen-bond donors (Lipinski definition) is 1. The molecule has 0 fully saturated rings. The van der Waals surface area contributed by atoms with Gasteiger partial charge >= 0.3 is 0 Å². The number of para-hydroxylation sites is 1. The molecule has 0 atom stereocenters. The van der Waals surface area contributed by atoms with E-state index in [1.54, 1.807) is 12.1 Å². The number of nitrogens with two attached hydrogens (primary N) is 1. The van der Waals surface area contributed by atoms with Crippen LogP contribution in [0.25, 0.3) is 10.9 Å². The summed E-state index contributed by atoms with van der Waals surface area (Å²) in [5, 5.41) is 1.01. The van der Waals surface area contributed by atoms with Crippen molar-refractivity contribution in [2.75, 3.05) is 5.73 Å². The Labute approximate surface area is 122 Å². The van der Waals surface area contributed by atoms with Crippen molar-refractivity contribution in [2.45, 2.75) is 13.5 Å². The maximum Gasteiger partial charge on any atom is 0.167 e. The highest BCUT2D eigenvalue weighted by molar-refractivity contribution is 5.82. The SMILES string of the molecule is Cc1cc(COc2ccc(N)cc2F)c2ccccc2n1. The number of pyridine rings is 1. The molecule has 3 nitrogen and oxygen atoms in total. The highest BCUT2D eigenvalue weighted by Crippen LogP contribution is 2.23. The summed E-state index contributed by atoms with van der Waals surface area (Å²) in [6.07, 6.45) is 0. The Bertz CT molecular complexity index is 802. The summed E-state index contributed by atoms with van der Waals surface area (Å²) in [7, 11) is 0. The zero-order valence-corrected chi connectivity index (χ0v) is 11.6. The van der Waals surface area contributed by atoms with Crippen molar-refractivity contribution in [2.24, 2.45) is 0 Å². The van der Waals surface area contributed by atoms with Gasteiger partial charge in [0.2, 0.25) is 0 Å². The lowest BCUT2D eigenvalue weighted by molar-refractivity contribution is 0.291. The summed E-state index contributed by atoms with van der Waals surface area (Å²) in [4.78, 5) is 4.47. The molecule has 4 heteroatoms. The second kappa shape index (κ2) is 5.40. The van der Waals surface area contributed by atoms with Crippen LogP contribution in [-0.4, -0.2) is 4.98 Å². The summed E-state index contributed by atoms with van der Waals surface area (Å²) in [5.74, 6) is -0.257. The molecule has 0 radical (unpaired) electrons. The smallest absolute Gasteiger partial charge is 0.167 e. The number of nitrogens with zero attached hydrogens (tertiary/aromatic N) is 1. The number of aromatic nitrogens is 1. The van der Waals surface area contributed by atoms with E-state index in [0.717, 1.165) is 22.2 Å². The first-order valence-corrected chi connectivity index (χ1v) is 6.66. The third-order valence-corrected chi connectivity index (χ3v) is 3.27. The number of ether oxygens (including phenoxy) is 1. The van der Waals surface area contributed by atoms with E-state index in [4.69, 9.17) is 10.5 Å². The molecule has 0 saturated heterocycles. The molecule has 1 aromatic heterocycles. The predicted molar refractivity (Wildman–Crippen MR) is 81.6 cm³/mol. The molecule has 21 heavy (non-hydrogen) atoms. The number of nitrogen functional groups attached to an aromatic ring is 1. The molecule has 2 aromatic carbocycles. The van der Waals surface area contributed by atoms with E-state index in [9.17, 15) is 4.39 Å². The molecule has 0 saturated carbocycles. The average molecular weight is 282 g/mol. The van der Waals surface area contributed by atoms with Gasteiger partial charge in [0.25, 0.3) is 0 Å². The maximum atomic E-state index is 13.7. The molecular weight excluding hydrogens is 267 g/mol. The quantitative estimate of drug-likeness (QED) is 0.742. The van der Waals surface area contributed by atoms with Gasteiger partial charge in [-0.15, -0.1) is 0 Å². The fourth-order valence-electron chi connectivity index (χ4n) is 2.30. The van der Waals surface area contributed by atoms with Crippen molar-refractivity contribution < 1.29 is 9.13 Å². The van der Waals surface area contributed by atoms with Gasteiger partial charge in [-0.25, -0.2) is 4.39 Å². The molecule has 106 valence electrons. The molecule has 2 N–H and O–H groups in total. The van der Waals surface area contributed by atoms with Crippen LogP contribution in [-0.2, 0) is 6.61 Å². The van der Waals surface area contributed by atoms with E-state index >= 15 is 0 Å². The van der Waals surface area contributed by atoms with Gasteiger partial charge in [0.15, 0.2) is 11.6 Å². The maximum absolute atomic E-state index is 13.7. The highest BCUT2D eigenvalue weighted by atomic mass is 19.1. The van der Waals surface area contributed by atoms with E-state index in [2.05, 4.69) is 4.98 Å². The average Bonchev–Trinajstić information content (AvgIpc) is 2.46. The summed E-state index contributed by atoms with van der Waals surface area (Å²) in [6, 6.07) is 14.2. The van der Waals surface area contributed by atoms with Crippen LogP contribution < -0.4 is 10.5 Å². The third kappa shape index (κ3) is 2.79. The van der Waals surface area contributed by atoms with Gasteiger partial charge in [0, 0.05) is 28.4 Å². The second-order valence-corrected chi connectivity index (χ2v) is 4.92. The fraction of sp³-hybridized carbons (Fsp3) is 0.118. The van der Waals surface area contributed by atoms with Crippen molar-refractivity contribution >= 4 is 16.6 Å². The first-order chi connectivity index (χ1) is 10.1. The Kier molecular flexibility index (Phi) is 3.44. The molecule has 0 spiro atoms. The normalized spacial score (nSPS) is 10.8. The zero-order chi connectivity index (χ0) is 14.8. The lowest BCUT2D eigenvalue weighted by atomic mass is 10.1. The molecule has 0 bridgehead atoms. The van der Waals surface area contributed by atoms with Crippen LogP contribution in [0.1, 0.15) is 11.3 Å². The molecule has 0 amide bonds. The molecule has 0 aliphatic rings. The van der Waals surface area contributed by atoms with Gasteiger partial charge in [0.05, 0.1) is 5.52 Å². The summed E-state index contributed by atoms with van der Waals surface area (Å²) < 4.78 is 19.3. The van der Waals surface area contributed by atoms with E-state index < -0.39 is 5.82 Å². The van der Waals surface area contributed by atoms with E-state index in [1.807, 2.05) is 37.3 Å². The number of fused-ring (bicyclic) bond motifs is 1. The minimum atomic E-state index is -0.454. The largest absolute Gasteiger partial charge is 0.486 e. The van der Waals surface area contributed by atoms with Crippen molar-refractivity contribution in [3.63, 3.8) is 0 Å². The molecule has 0 aliphatic heterocycles. The van der Waals surface area contributed by atoms with Gasteiger partial charge in [-0.2, -0.15) is 0 Å². The van der Waals surface area contributed by atoms with Gasteiger partial charge in [0.1, 0.15) is 6.61 Å². The molecular formula is C17H15FN2O. The van der Waals surface area contributed by atoms with Gasteiger partial charge < -0.3 is 10.5 Å². The van der Waals surface area contributed by atoms with Crippen molar-refractivity contribution in [1.82, 2.24) is 4.98 Å². The molecule has 1 heterocycles. The Hall–Kier alpha value is -2.62. The first-order valence-electron chi connectivity index (χ1n) is 6.66. The lowest BCUT2D eigenvalue weighted by Gasteiger charge is -2.11. The minimum Gasteiger partial charge on any atom is -0.486 e. The lowest BCUT2D eigenvalue weighted by Crippen LogP contribution is -2.00. The summed E-state index contributed by atoms with van der Waals surface area (Å²) in [6.45, 7) is 2.21. The first kappa shape index (κ1) is 13.4. The van der Waals surface area contributed by atoms with Crippen molar-refractivity contribution in [3.05, 3.63) is 65.6 Å². The number of halogens is 1. The van der Waals surface area contributed by atoms with Crippen LogP contribution in [0.5, 0.6) is 5.75 Å². The topological polar surface area (TPSA) is 48.1 Å². The van der Waals surface area contributed by atoms with Gasteiger partial charge in [-0.05, 0) is 31.2 Å². The van der Waals surface area contributed by atoms with Gasteiger partial charge in [-0.1, -0.05) is 18.2 Å². The number of benzene rings is 2. The Balaban J connectivity index is 1.91. The fourth-order valence-corrected chi connectivity index (χ4v) is 2.30. The number of hydrogen-bond acceptors (Lipinski definition) is 3. The monoisotopic (exact) mass is 282 g/mol. The molecule has 3 aromatic rings. The van der Waals surface area contributed by atoms with Crippen LogP contribution in [0, 0.1) is 12.7 Å². The predicted octanol–water partition coefficient (Wildman–Crippen LogP) is 3.84. The minimum absolute atomic E-state index is 0.197. The molecule has 3 rings (SSSR count). The number of anilines is 1. The van der Waals surface area contributed by atoms with Crippen LogP contribution in [0.2, 0.25) is 0 Å². The molecule has 0 aliphatic carbocycles.